The molecule has 0 amide bonds. The summed E-state index contributed by atoms with van der Waals surface area (Å²) in [6.45, 7) is 0. The third-order valence-electron chi connectivity index (χ3n) is 2.62. The van der Waals surface area contributed by atoms with Gasteiger partial charge in [0.1, 0.15) is 5.82 Å². The van der Waals surface area contributed by atoms with Gasteiger partial charge in [-0.3, -0.25) is 0 Å². The number of halogens is 1. The molecule has 82 valence electrons. The molecule has 17 heavy (non-hydrogen) atoms. The number of hydrogen-bond acceptors (Lipinski definition) is 2. The first-order valence-electron chi connectivity index (χ1n) is 5.31. The predicted molar refractivity (Wildman–Crippen MR) is 64.9 cm³/mol. The lowest BCUT2D eigenvalue weighted by Gasteiger charge is -2.01. The first-order chi connectivity index (χ1) is 8.33. The maximum Gasteiger partial charge on any atom is 0.123 e. The Balaban J connectivity index is 2.19. The van der Waals surface area contributed by atoms with E-state index in [-0.39, 0.29) is 5.82 Å². The maximum absolute atomic E-state index is 13.1. The van der Waals surface area contributed by atoms with Crippen molar-refractivity contribution < 1.29 is 4.39 Å². The Morgan fingerprint density at radius 1 is 0.824 bits per heavy atom. The molecule has 2 nitrogen and oxygen atoms in total. The second kappa shape index (κ2) is 3.94. The lowest BCUT2D eigenvalue weighted by atomic mass is 10.1. The van der Waals surface area contributed by atoms with E-state index in [9.17, 15) is 4.39 Å². The summed E-state index contributed by atoms with van der Waals surface area (Å²) in [6.07, 6.45) is 0. The largest absolute Gasteiger partial charge is 0.207 e. The van der Waals surface area contributed by atoms with Gasteiger partial charge in [-0.2, -0.15) is 0 Å². The Morgan fingerprint density at radius 3 is 2.47 bits per heavy atom. The number of rotatable bonds is 1. The second-order valence-electron chi connectivity index (χ2n) is 3.80. The molecule has 0 N–H and O–H groups in total. The zero-order chi connectivity index (χ0) is 11.7. The molecule has 1 heterocycles. The molecule has 0 saturated carbocycles. The standard InChI is InChI=1S/C14H9FN2/c15-12-6-7-13-11(8-12)9-14(17-16-13)10-4-2-1-3-5-10/h1-9H. The van der Waals surface area contributed by atoms with Crippen molar-refractivity contribution in [3.63, 3.8) is 0 Å². The molecule has 0 radical (unpaired) electrons. The quantitative estimate of drug-likeness (QED) is 0.632. The first kappa shape index (κ1) is 9.90. The molecule has 0 atom stereocenters. The molecule has 0 unspecified atom stereocenters. The Kier molecular flexibility index (Phi) is 2.29. The van der Waals surface area contributed by atoms with Gasteiger partial charge in [-0.1, -0.05) is 30.3 Å². The minimum Gasteiger partial charge on any atom is -0.207 e. The number of benzene rings is 2. The van der Waals surface area contributed by atoms with Crippen molar-refractivity contribution in [1.82, 2.24) is 10.2 Å². The highest BCUT2D eigenvalue weighted by atomic mass is 19.1. The molecule has 0 aliphatic carbocycles. The topological polar surface area (TPSA) is 25.8 Å². The molecule has 0 aliphatic heterocycles. The lowest BCUT2D eigenvalue weighted by Crippen LogP contribution is -1.89. The first-order valence-corrected chi connectivity index (χ1v) is 5.31. The lowest BCUT2D eigenvalue weighted by molar-refractivity contribution is 0.629. The summed E-state index contributed by atoms with van der Waals surface area (Å²) in [4.78, 5) is 0. The van der Waals surface area contributed by atoms with Gasteiger partial charge in [0.05, 0.1) is 11.2 Å². The fraction of sp³-hybridized carbons (Fsp3) is 0. The van der Waals surface area contributed by atoms with Gasteiger partial charge < -0.3 is 0 Å². The summed E-state index contributed by atoms with van der Waals surface area (Å²) in [5.41, 5.74) is 2.43. The molecule has 1 aromatic heterocycles. The zero-order valence-electron chi connectivity index (χ0n) is 8.97. The molecule has 0 fully saturated rings. The number of aromatic nitrogens is 2. The molecule has 2 aromatic carbocycles. The van der Waals surface area contributed by atoms with Crippen molar-refractivity contribution in [3.05, 3.63) is 60.4 Å². The number of fused-ring (bicyclic) bond motifs is 1. The van der Waals surface area contributed by atoms with E-state index in [1.807, 2.05) is 36.4 Å². The number of nitrogens with zero attached hydrogens (tertiary/aromatic N) is 2. The monoisotopic (exact) mass is 224 g/mol. The van der Waals surface area contributed by atoms with E-state index in [1.165, 1.54) is 12.1 Å². The highest BCUT2D eigenvalue weighted by Crippen LogP contribution is 2.20. The Hall–Kier alpha value is -2.29. The van der Waals surface area contributed by atoms with Gasteiger partial charge in [0.25, 0.3) is 0 Å². The molecular formula is C14H9FN2. The normalized spacial score (nSPS) is 10.6. The summed E-state index contributed by atoms with van der Waals surface area (Å²) >= 11 is 0. The molecule has 3 heteroatoms. The summed E-state index contributed by atoms with van der Waals surface area (Å²) in [5.74, 6) is -0.260. The van der Waals surface area contributed by atoms with Crippen LogP contribution in [0.4, 0.5) is 4.39 Å². The maximum atomic E-state index is 13.1. The Morgan fingerprint density at radius 2 is 1.65 bits per heavy atom. The average Bonchev–Trinajstić information content (AvgIpc) is 2.39. The van der Waals surface area contributed by atoms with Crippen molar-refractivity contribution in [3.8, 4) is 11.3 Å². The van der Waals surface area contributed by atoms with Crippen LogP contribution in [0, 0.1) is 5.82 Å². The van der Waals surface area contributed by atoms with Crippen molar-refractivity contribution in [2.45, 2.75) is 0 Å². The molecule has 0 saturated heterocycles. The minimum atomic E-state index is -0.260. The third-order valence-corrected chi connectivity index (χ3v) is 2.62. The van der Waals surface area contributed by atoms with Crippen LogP contribution in [0.15, 0.2) is 54.6 Å². The van der Waals surface area contributed by atoms with Crippen LogP contribution in [0.5, 0.6) is 0 Å². The molecular weight excluding hydrogens is 215 g/mol. The fourth-order valence-corrected chi connectivity index (χ4v) is 1.77. The van der Waals surface area contributed by atoms with Gasteiger partial charge in [-0.15, -0.1) is 10.2 Å². The fourth-order valence-electron chi connectivity index (χ4n) is 1.77. The molecule has 3 aromatic rings. The van der Waals surface area contributed by atoms with Crippen LogP contribution < -0.4 is 0 Å². The molecule has 0 aliphatic rings. The SMILES string of the molecule is Fc1ccc2nnc(-c3ccccc3)cc2c1. The highest BCUT2D eigenvalue weighted by molar-refractivity contribution is 5.81. The number of hydrogen-bond donors (Lipinski definition) is 0. The van der Waals surface area contributed by atoms with Gasteiger partial charge in [-0.25, -0.2) is 4.39 Å². The van der Waals surface area contributed by atoms with Crippen LogP contribution in [0.1, 0.15) is 0 Å². The van der Waals surface area contributed by atoms with E-state index in [2.05, 4.69) is 10.2 Å². The van der Waals surface area contributed by atoms with Crippen molar-refractivity contribution in [1.29, 1.82) is 0 Å². The average molecular weight is 224 g/mol. The van der Waals surface area contributed by atoms with Gasteiger partial charge in [0.15, 0.2) is 0 Å². The van der Waals surface area contributed by atoms with Crippen LogP contribution in [0.2, 0.25) is 0 Å². The van der Waals surface area contributed by atoms with E-state index in [0.717, 1.165) is 16.6 Å². The predicted octanol–water partition coefficient (Wildman–Crippen LogP) is 3.44. The minimum absolute atomic E-state index is 0.260. The van der Waals surface area contributed by atoms with E-state index in [1.54, 1.807) is 6.07 Å². The van der Waals surface area contributed by atoms with Crippen LogP contribution >= 0.6 is 0 Å². The molecule has 3 rings (SSSR count). The Labute approximate surface area is 97.7 Å². The van der Waals surface area contributed by atoms with E-state index in [4.69, 9.17) is 0 Å². The van der Waals surface area contributed by atoms with Crippen LogP contribution in [-0.4, -0.2) is 10.2 Å². The summed E-state index contributed by atoms with van der Waals surface area (Å²) < 4.78 is 13.1. The van der Waals surface area contributed by atoms with Gasteiger partial charge in [-0.05, 0) is 24.3 Å². The van der Waals surface area contributed by atoms with E-state index >= 15 is 0 Å². The summed E-state index contributed by atoms with van der Waals surface area (Å²) in [5, 5.41) is 8.98. The molecule has 0 bridgehead atoms. The van der Waals surface area contributed by atoms with Crippen LogP contribution in [0.3, 0.4) is 0 Å². The van der Waals surface area contributed by atoms with Gasteiger partial charge in [0, 0.05) is 10.9 Å². The third kappa shape index (κ3) is 1.87. The van der Waals surface area contributed by atoms with Crippen LogP contribution in [-0.2, 0) is 0 Å². The second-order valence-corrected chi connectivity index (χ2v) is 3.80. The van der Waals surface area contributed by atoms with Gasteiger partial charge >= 0.3 is 0 Å². The van der Waals surface area contributed by atoms with E-state index in [0.29, 0.717) is 5.52 Å². The highest BCUT2D eigenvalue weighted by Gasteiger charge is 2.02. The van der Waals surface area contributed by atoms with Gasteiger partial charge in [0.2, 0.25) is 0 Å². The van der Waals surface area contributed by atoms with Crippen LogP contribution in [0.25, 0.3) is 22.2 Å². The van der Waals surface area contributed by atoms with Crippen molar-refractivity contribution in [2.24, 2.45) is 0 Å². The summed E-state index contributed by atoms with van der Waals surface area (Å²) in [7, 11) is 0. The summed E-state index contributed by atoms with van der Waals surface area (Å²) in [6, 6.07) is 16.1. The Bertz CT molecular complexity index is 665. The zero-order valence-corrected chi connectivity index (χ0v) is 8.97. The smallest absolute Gasteiger partial charge is 0.123 e. The van der Waals surface area contributed by atoms with Crippen molar-refractivity contribution >= 4 is 10.9 Å². The molecule has 0 spiro atoms. The van der Waals surface area contributed by atoms with Crippen molar-refractivity contribution in [2.75, 3.05) is 0 Å². The van der Waals surface area contributed by atoms with E-state index < -0.39 is 0 Å².